The smallest absolute Gasteiger partial charge is 0.210 e. The van der Waals surface area contributed by atoms with E-state index in [2.05, 4.69) is 20.5 Å². The Labute approximate surface area is 129 Å². The number of hydrogen-bond acceptors (Lipinski definition) is 7. The molecule has 1 aromatic carbocycles. The molecule has 0 amide bonds. The Morgan fingerprint density at radius 3 is 2.71 bits per heavy atom. The number of para-hydroxylation sites is 1. The molecule has 5 nitrogen and oxygen atoms in total. The first-order valence-corrected chi connectivity index (χ1v) is 7.67. The van der Waals surface area contributed by atoms with Crippen molar-refractivity contribution in [3.05, 3.63) is 54.2 Å². The van der Waals surface area contributed by atoms with Crippen LogP contribution in [0.3, 0.4) is 0 Å². The summed E-state index contributed by atoms with van der Waals surface area (Å²) in [5, 5.41) is 21.7. The summed E-state index contributed by atoms with van der Waals surface area (Å²) in [6.07, 6.45) is 0. The van der Waals surface area contributed by atoms with Crippen LogP contribution in [0.15, 0.2) is 57.9 Å². The van der Waals surface area contributed by atoms with Crippen molar-refractivity contribution in [3.8, 4) is 6.07 Å². The van der Waals surface area contributed by atoms with Gasteiger partial charge in [-0.1, -0.05) is 35.6 Å². The summed E-state index contributed by atoms with van der Waals surface area (Å²) >= 11 is 2.83. The molecule has 0 fully saturated rings. The molecule has 0 bridgehead atoms. The van der Waals surface area contributed by atoms with Gasteiger partial charge < -0.3 is 5.32 Å². The molecule has 0 unspecified atom stereocenters. The van der Waals surface area contributed by atoms with Gasteiger partial charge in [0.15, 0.2) is 4.34 Å². The van der Waals surface area contributed by atoms with Crippen LogP contribution < -0.4 is 5.32 Å². The first-order valence-electron chi connectivity index (χ1n) is 6.04. The standard InChI is InChI=1S/C14H9N5S2/c15-9-11-7-4-8-12(16-11)20-14-19-18-13(21-14)17-10-5-2-1-3-6-10/h1-8H,(H,17,18). The van der Waals surface area contributed by atoms with Gasteiger partial charge in [-0.15, -0.1) is 10.2 Å². The van der Waals surface area contributed by atoms with E-state index in [1.54, 1.807) is 12.1 Å². The first-order chi connectivity index (χ1) is 10.3. The molecule has 2 aromatic heterocycles. The topological polar surface area (TPSA) is 74.5 Å². The lowest BCUT2D eigenvalue weighted by molar-refractivity contribution is 1.01. The van der Waals surface area contributed by atoms with Gasteiger partial charge >= 0.3 is 0 Å². The monoisotopic (exact) mass is 311 g/mol. The van der Waals surface area contributed by atoms with Crippen LogP contribution in [0.2, 0.25) is 0 Å². The Balaban J connectivity index is 1.72. The summed E-state index contributed by atoms with van der Waals surface area (Å²) in [7, 11) is 0. The summed E-state index contributed by atoms with van der Waals surface area (Å²) in [6, 6.07) is 17.1. The maximum Gasteiger partial charge on any atom is 0.210 e. The number of hydrogen-bond donors (Lipinski definition) is 1. The highest BCUT2D eigenvalue weighted by atomic mass is 32.2. The summed E-state index contributed by atoms with van der Waals surface area (Å²) in [5.41, 5.74) is 1.36. The Hall–Kier alpha value is -2.43. The summed E-state index contributed by atoms with van der Waals surface area (Å²) in [4.78, 5) is 4.20. The SMILES string of the molecule is N#Cc1cccc(Sc2nnc(Nc3ccccc3)s2)n1. The zero-order valence-electron chi connectivity index (χ0n) is 10.7. The van der Waals surface area contributed by atoms with Crippen LogP contribution >= 0.6 is 23.1 Å². The van der Waals surface area contributed by atoms with Gasteiger partial charge in [0.05, 0.1) is 0 Å². The fourth-order valence-corrected chi connectivity index (χ4v) is 3.28. The number of aromatic nitrogens is 3. The van der Waals surface area contributed by atoms with Crippen molar-refractivity contribution in [3.63, 3.8) is 0 Å². The fourth-order valence-electron chi connectivity index (χ4n) is 1.57. The van der Waals surface area contributed by atoms with Crippen LogP contribution in [0, 0.1) is 11.3 Å². The molecule has 21 heavy (non-hydrogen) atoms. The maximum atomic E-state index is 8.84. The van der Waals surface area contributed by atoms with Crippen molar-refractivity contribution >= 4 is 33.9 Å². The lowest BCUT2D eigenvalue weighted by Crippen LogP contribution is -1.87. The molecular formula is C14H9N5S2. The lowest BCUT2D eigenvalue weighted by Gasteiger charge is -1.99. The van der Waals surface area contributed by atoms with E-state index in [0.717, 1.165) is 20.2 Å². The number of pyridine rings is 1. The van der Waals surface area contributed by atoms with E-state index in [4.69, 9.17) is 5.26 Å². The van der Waals surface area contributed by atoms with Gasteiger partial charge in [0, 0.05) is 5.69 Å². The van der Waals surface area contributed by atoms with Crippen molar-refractivity contribution in [2.75, 3.05) is 5.32 Å². The Bertz CT molecular complexity index is 779. The van der Waals surface area contributed by atoms with Gasteiger partial charge in [0.25, 0.3) is 0 Å². The van der Waals surface area contributed by atoms with Gasteiger partial charge in [-0.3, -0.25) is 0 Å². The molecule has 0 saturated heterocycles. The Morgan fingerprint density at radius 1 is 1.05 bits per heavy atom. The van der Waals surface area contributed by atoms with E-state index in [1.807, 2.05) is 42.5 Å². The zero-order chi connectivity index (χ0) is 14.5. The van der Waals surface area contributed by atoms with E-state index < -0.39 is 0 Å². The minimum absolute atomic E-state index is 0.396. The summed E-state index contributed by atoms with van der Waals surface area (Å²) in [5.74, 6) is 0. The van der Waals surface area contributed by atoms with Gasteiger partial charge in [-0.2, -0.15) is 5.26 Å². The van der Waals surface area contributed by atoms with Crippen molar-refractivity contribution in [2.45, 2.75) is 9.37 Å². The molecule has 1 N–H and O–H groups in total. The second kappa shape index (κ2) is 6.35. The highest BCUT2D eigenvalue weighted by Crippen LogP contribution is 2.31. The molecule has 0 aliphatic rings. The average molecular weight is 311 g/mol. The number of nitriles is 1. The second-order valence-corrected chi connectivity index (χ2v) is 6.18. The van der Waals surface area contributed by atoms with E-state index in [-0.39, 0.29) is 0 Å². The number of anilines is 2. The molecule has 3 aromatic rings. The number of rotatable bonds is 4. The van der Waals surface area contributed by atoms with Crippen LogP contribution in [-0.2, 0) is 0 Å². The van der Waals surface area contributed by atoms with E-state index in [1.165, 1.54) is 23.1 Å². The van der Waals surface area contributed by atoms with E-state index >= 15 is 0 Å². The first kappa shape index (κ1) is 13.5. The van der Waals surface area contributed by atoms with Crippen molar-refractivity contribution in [2.24, 2.45) is 0 Å². The number of nitrogens with zero attached hydrogens (tertiary/aromatic N) is 4. The molecule has 0 radical (unpaired) electrons. The Morgan fingerprint density at radius 2 is 1.90 bits per heavy atom. The molecule has 0 saturated carbocycles. The molecule has 0 spiro atoms. The average Bonchev–Trinajstić information content (AvgIpc) is 2.95. The van der Waals surface area contributed by atoms with Gasteiger partial charge in [0.2, 0.25) is 5.13 Å². The van der Waals surface area contributed by atoms with Crippen molar-refractivity contribution in [1.29, 1.82) is 5.26 Å². The van der Waals surface area contributed by atoms with Crippen LogP contribution in [0.25, 0.3) is 0 Å². The van der Waals surface area contributed by atoms with Gasteiger partial charge in [-0.25, -0.2) is 4.98 Å². The number of benzene rings is 1. The normalized spacial score (nSPS) is 10.0. The predicted molar refractivity (Wildman–Crippen MR) is 82.7 cm³/mol. The largest absolute Gasteiger partial charge is 0.330 e. The molecule has 0 aliphatic carbocycles. The minimum atomic E-state index is 0.396. The predicted octanol–water partition coefficient (Wildman–Crippen LogP) is 3.70. The third-order valence-corrected chi connectivity index (χ3v) is 4.29. The molecule has 7 heteroatoms. The zero-order valence-corrected chi connectivity index (χ0v) is 12.4. The van der Waals surface area contributed by atoms with Crippen molar-refractivity contribution in [1.82, 2.24) is 15.2 Å². The summed E-state index contributed by atoms with van der Waals surface area (Å²) in [6.45, 7) is 0. The molecular weight excluding hydrogens is 302 g/mol. The summed E-state index contributed by atoms with van der Waals surface area (Å²) < 4.78 is 0.774. The maximum absolute atomic E-state index is 8.84. The van der Waals surface area contributed by atoms with Crippen molar-refractivity contribution < 1.29 is 0 Å². The minimum Gasteiger partial charge on any atom is -0.330 e. The van der Waals surface area contributed by atoms with E-state index in [9.17, 15) is 0 Å². The molecule has 2 heterocycles. The Kier molecular flexibility index (Phi) is 4.09. The van der Waals surface area contributed by atoms with Gasteiger partial charge in [0.1, 0.15) is 16.8 Å². The second-order valence-electron chi connectivity index (χ2n) is 3.94. The third-order valence-electron chi connectivity index (χ3n) is 2.46. The number of nitrogens with one attached hydrogen (secondary N) is 1. The van der Waals surface area contributed by atoms with Crippen LogP contribution in [0.4, 0.5) is 10.8 Å². The van der Waals surface area contributed by atoms with Crippen LogP contribution in [0.5, 0.6) is 0 Å². The lowest BCUT2D eigenvalue weighted by atomic mass is 10.3. The van der Waals surface area contributed by atoms with Gasteiger partial charge in [-0.05, 0) is 36.0 Å². The highest BCUT2D eigenvalue weighted by Gasteiger charge is 2.07. The quantitative estimate of drug-likeness (QED) is 0.792. The molecule has 0 atom stereocenters. The molecule has 3 rings (SSSR count). The molecule has 0 aliphatic heterocycles. The van der Waals surface area contributed by atoms with Crippen LogP contribution in [0.1, 0.15) is 5.69 Å². The highest BCUT2D eigenvalue weighted by molar-refractivity contribution is 8.01. The molecule has 102 valence electrons. The fraction of sp³-hybridized carbons (Fsp3) is 0. The van der Waals surface area contributed by atoms with E-state index in [0.29, 0.717) is 5.69 Å². The van der Waals surface area contributed by atoms with Crippen LogP contribution in [-0.4, -0.2) is 15.2 Å². The third kappa shape index (κ3) is 3.56.